The van der Waals surface area contributed by atoms with Crippen molar-refractivity contribution in [3.05, 3.63) is 71.3 Å². The first-order valence-corrected chi connectivity index (χ1v) is 9.70. The Balaban J connectivity index is 1.46. The molecule has 1 aliphatic heterocycles. The minimum atomic E-state index is -1.02. The van der Waals surface area contributed by atoms with E-state index in [1.165, 1.54) is 19.1 Å². The number of hydrogen-bond acceptors (Lipinski definition) is 5. The van der Waals surface area contributed by atoms with Gasteiger partial charge in [-0.1, -0.05) is 0 Å². The summed E-state index contributed by atoms with van der Waals surface area (Å²) in [7, 11) is 0. The van der Waals surface area contributed by atoms with Gasteiger partial charge < -0.3 is 24.1 Å². The number of fused-ring (bicyclic) bond motifs is 1. The first kappa shape index (κ1) is 20.5. The van der Waals surface area contributed by atoms with E-state index in [9.17, 15) is 14.0 Å². The SMILES string of the molecule is Cc1cc(C(=O)OC(C)C(=O)Nc2ccc3c(c2)OCO3)c(C)n1-c1ccc(F)cc1. The third-order valence-corrected chi connectivity index (χ3v) is 5.03. The van der Waals surface area contributed by atoms with Gasteiger partial charge in [-0.05, 0) is 63.2 Å². The largest absolute Gasteiger partial charge is 0.454 e. The third-order valence-electron chi connectivity index (χ3n) is 5.03. The third kappa shape index (κ3) is 4.09. The Morgan fingerprint density at radius 2 is 1.77 bits per heavy atom. The highest BCUT2D eigenvalue weighted by Crippen LogP contribution is 2.34. The zero-order valence-electron chi connectivity index (χ0n) is 17.3. The average molecular weight is 424 g/mol. The van der Waals surface area contributed by atoms with Crippen molar-refractivity contribution in [2.45, 2.75) is 26.9 Å². The normalized spacial score (nSPS) is 13.0. The molecule has 0 fully saturated rings. The molecular formula is C23H21FN2O5. The Labute approximate surface area is 178 Å². The van der Waals surface area contributed by atoms with Crippen molar-refractivity contribution in [3.63, 3.8) is 0 Å². The summed E-state index contributed by atoms with van der Waals surface area (Å²) in [6.07, 6.45) is -1.02. The summed E-state index contributed by atoms with van der Waals surface area (Å²) < 4.78 is 31.0. The van der Waals surface area contributed by atoms with Crippen LogP contribution in [-0.2, 0) is 9.53 Å². The number of carbonyl (C=O) groups is 2. The second-order valence-electron chi connectivity index (χ2n) is 7.20. The fourth-order valence-corrected chi connectivity index (χ4v) is 3.45. The number of carbonyl (C=O) groups excluding carboxylic acids is 2. The van der Waals surface area contributed by atoms with E-state index < -0.39 is 18.0 Å². The number of benzene rings is 2. The average Bonchev–Trinajstić information content (AvgIpc) is 3.32. The highest BCUT2D eigenvalue weighted by molar-refractivity contribution is 5.98. The fraction of sp³-hybridized carbons (Fsp3) is 0.217. The number of halogens is 1. The van der Waals surface area contributed by atoms with Gasteiger partial charge in [-0.3, -0.25) is 4.79 Å². The number of esters is 1. The molecule has 1 unspecified atom stereocenters. The van der Waals surface area contributed by atoms with E-state index in [4.69, 9.17) is 14.2 Å². The molecule has 0 bridgehead atoms. The van der Waals surface area contributed by atoms with Crippen molar-refractivity contribution in [1.29, 1.82) is 0 Å². The molecule has 1 atom stereocenters. The van der Waals surface area contributed by atoms with E-state index in [1.807, 2.05) is 11.5 Å². The van der Waals surface area contributed by atoms with Gasteiger partial charge in [0.1, 0.15) is 5.82 Å². The predicted molar refractivity (Wildman–Crippen MR) is 111 cm³/mol. The molecule has 7 nitrogen and oxygen atoms in total. The zero-order valence-corrected chi connectivity index (χ0v) is 17.3. The predicted octanol–water partition coefficient (Wildman–Crippen LogP) is 4.15. The molecule has 0 saturated heterocycles. The monoisotopic (exact) mass is 424 g/mol. The molecule has 0 radical (unpaired) electrons. The van der Waals surface area contributed by atoms with Gasteiger partial charge in [0.15, 0.2) is 17.6 Å². The second kappa shape index (κ2) is 8.14. The lowest BCUT2D eigenvalue weighted by Gasteiger charge is -2.14. The number of aryl methyl sites for hydroxylation is 1. The van der Waals surface area contributed by atoms with Crippen molar-refractivity contribution >= 4 is 17.6 Å². The summed E-state index contributed by atoms with van der Waals surface area (Å²) in [6.45, 7) is 5.24. The maximum Gasteiger partial charge on any atom is 0.340 e. The smallest absolute Gasteiger partial charge is 0.340 e. The number of rotatable bonds is 5. The number of anilines is 1. The molecule has 0 saturated carbocycles. The van der Waals surface area contributed by atoms with E-state index in [0.717, 1.165) is 11.4 Å². The number of ether oxygens (including phenoxy) is 3. The molecule has 1 N–H and O–H groups in total. The first-order valence-electron chi connectivity index (χ1n) is 9.70. The van der Waals surface area contributed by atoms with E-state index in [0.29, 0.717) is 28.4 Å². The van der Waals surface area contributed by atoms with Crippen LogP contribution in [0.5, 0.6) is 11.5 Å². The molecule has 8 heteroatoms. The van der Waals surface area contributed by atoms with E-state index >= 15 is 0 Å². The van der Waals surface area contributed by atoms with Gasteiger partial charge in [0, 0.05) is 28.8 Å². The lowest BCUT2D eigenvalue weighted by atomic mass is 10.2. The van der Waals surface area contributed by atoms with E-state index in [1.54, 1.807) is 43.3 Å². The standard InChI is InChI=1S/C23H21FN2O5/c1-13-10-19(14(2)26(13)18-7-4-16(24)5-8-18)23(28)31-15(3)22(27)25-17-6-9-20-21(11-17)30-12-29-20/h4-11,15H,12H2,1-3H3,(H,25,27). The summed E-state index contributed by atoms with van der Waals surface area (Å²) in [6, 6.07) is 12.7. The summed E-state index contributed by atoms with van der Waals surface area (Å²) in [5.41, 5.74) is 2.99. The fourth-order valence-electron chi connectivity index (χ4n) is 3.45. The van der Waals surface area contributed by atoms with Crippen LogP contribution in [0.15, 0.2) is 48.5 Å². The molecule has 160 valence electrons. The molecule has 1 aromatic heterocycles. The number of nitrogens with zero attached hydrogens (tertiary/aromatic N) is 1. The molecular weight excluding hydrogens is 403 g/mol. The van der Waals surface area contributed by atoms with Gasteiger partial charge in [0.05, 0.1) is 5.56 Å². The van der Waals surface area contributed by atoms with Gasteiger partial charge in [-0.15, -0.1) is 0 Å². The highest BCUT2D eigenvalue weighted by Gasteiger charge is 2.24. The Hall–Kier alpha value is -3.81. The quantitative estimate of drug-likeness (QED) is 0.623. The minimum absolute atomic E-state index is 0.136. The van der Waals surface area contributed by atoms with Crippen LogP contribution in [-0.4, -0.2) is 29.3 Å². The molecule has 3 aromatic rings. The van der Waals surface area contributed by atoms with Crippen LogP contribution in [0, 0.1) is 19.7 Å². The molecule has 2 aromatic carbocycles. The first-order chi connectivity index (χ1) is 14.8. The highest BCUT2D eigenvalue weighted by atomic mass is 19.1. The number of amides is 1. The molecule has 4 rings (SSSR count). The summed E-state index contributed by atoms with van der Waals surface area (Å²) in [5.74, 6) is -0.285. The van der Waals surface area contributed by atoms with Crippen LogP contribution in [0.3, 0.4) is 0 Å². The molecule has 1 aliphatic rings. The Bertz CT molecular complexity index is 1150. The van der Waals surface area contributed by atoms with Crippen molar-refractivity contribution < 1.29 is 28.2 Å². The Morgan fingerprint density at radius 3 is 2.52 bits per heavy atom. The number of hydrogen-bond donors (Lipinski definition) is 1. The van der Waals surface area contributed by atoms with Crippen LogP contribution < -0.4 is 14.8 Å². The van der Waals surface area contributed by atoms with Gasteiger partial charge in [0.2, 0.25) is 6.79 Å². The van der Waals surface area contributed by atoms with Crippen molar-refractivity contribution in [2.75, 3.05) is 12.1 Å². The summed E-state index contributed by atoms with van der Waals surface area (Å²) in [4.78, 5) is 25.2. The molecule has 2 heterocycles. The number of aromatic nitrogens is 1. The number of nitrogens with one attached hydrogen (secondary N) is 1. The van der Waals surface area contributed by atoms with Crippen molar-refractivity contribution in [3.8, 4) is 17.2 Å². The van der Waals surface area contributed by atoms with Crippen LogP contribution in [0.1, 0.15) is 28.7 Å². The Morgan fingerprint density at radius 1 is 1.06 bits per heavy atom. The zero-order chi connectivity index (χ0) is 22.1. The van der Waals surface area contributed by atoms with Crippen molar-refractivity contribution in [1.82, 2.24) is 4.57 Å². The molecule has 1 amide bonds. The summed E-state index contributed by atoms with van der Waals surface area (Å²) in [5, 5.41) is 2.70. The van der Waals surface area contributed by atoms with Gasteiger partial charge >= 0.3 is 5.97 Å². The molecule has 0 spiro atoms. The maximum absolute atomic E-state index is 13.2. The topological polar surface area (TPSA) is 78.8 Å². The van der Waals surface area contributed by atoms with E-state index in [2.05, 4.69) is 5.32 Å². The van der Waals surface area contributed by atoms with Crippen molar-refractivity contribution in [2.24, 2.45) is 0 Å². The van der Waals surface area contributed by atoms with E-state index in [-0.39, 0.29) is 12.6 Å². The van der Waals surface area contributed by atoms with Crippen LogP contribution in [0.25, 0.3) is 5.69 Å². The van der Waals surface area contributed by atoms with Crippen LogP contribution in [0.4, 0.5) is 10.1 Å². The maximum atomic E-state index is 13.2. The Kier molecular flexibility index (Phi) is 5.37. The molecule has 0 aliphatic carbocycles. The lowest BCUT2D eigenvalue weighted by molar-refractivity contribution is -0.123. The van der Waals surface area contributed by atoms with Crippen LogP contribution >= 0.6 is 0 Å². The lowest BCUT2D eigenvalue weighted by Crippen LogP contribution is -2.30. The second-order valence-corrected chi connectivity index (χ2v) is 7.20. The van der Waals surface area contributed by atoms with Gasteiger partial charge in [0.25, 0.3) is 5.91 Å². The minimum Gasteiger partial charge on any atom is -0.454 e. The van der Waals surface area contributed by atoms with Gasteiger partial charge in [-0.2, -0.15) is 0 Å². The van der Waals surface area contributed by atoms with Gasteiger partial charge in [-0.25, -0.2) is 9.18 Å². The summed E-state index contributed by atoms with van der Waals surface area (Å²) >= 11 is 0. The molecule has 31 heavy (non-hydrogen) atoms. The van der Waals surface area contributed by atoms with Crippen LogP contribution in [0.2, 0.25) is 0 Å².